The van der Waals surface area contributed by atoms with E-state index in [0.717, 1.165) is 9.80 Å². The minimum absolute atomic E-state index is 0.0201. The molecule has 1 aliphatic heterocycles. The van der Waals surface area contributed by atoms with Crippen LogP contribution in [0.1, 0.15) is 170 Å². The summed E-state index contributed by atoms with van der Waals surface area (Å²) in [7, 11) is 9.96. The number of nitrogens with zero attached hydrogens (tertiary/aromatic N) is 7. The third-order valence-electron chi connectivity index (χ3n) is 16.9. The standard InChI is InChI=1S/C60H107N11O12.C3H8/c1-25-28-29-38(13)50(74)60(17)59(83)63-42(27-3)56(80)65(18)32-46(73)70(23)49(37(12)26-2)53(77)64-47(35(8)9)57(81)68(21)44(30-33(4)5)52(76)61-39(14)51(75)62-40(15)54(78)66(19)41(16)55(79)67(20)43(34(6)7)31-45(72)69(22)48(36(10)11)58(82)71(60)24;1-3-2/h25,28,33-44,47-50,74H,26-27,29-32H2,1-24H3,(H,61,76)(H,62,75)(H,63,83)(H,64,77);3H2,1-2H3/b28-25+;/t37-,38+,39-,40+,41-,42-,43+,44-,47-,48-,49-,50+,60-;/m0./s1. The van der Waals surface area contributed by atoms with Gasteiger partial charge in [-0.3, -0.25) is 52.7 Å². The van der Waals surface area contributed by atoms with E-state index in [1.165, 1.54) is 108 Å². The van der Waals surface area contributed by atoms with E-state index in [4.69, 9.17) is 0 Å². The SMILES string of the molecule is C/C=C/C[C@@H](C)[C@@H](O)[C@@]1(C)C(=O)N[C@@H](CC)C(=O)N(C)CC(=O)N(C)[C@@H]([C@@H](C)CC)C(=O)N[C@@H](C(C)C)C(=O)N(C)[C@@H](CC(C)C)C(=O)N[C@@H](C)C(=O)N[C@H](C)C(=O)N(C)[C@@H](C)C(=O)N(C)[C@@H](C(C)C)CC(=O)N(C)[C@@H](C(C)C)C(=O)N1C.CCC. The molecule has 0 aromatic rings. The van der Waals surface area contributed by atoms with Crippen molar-refractivity contribution in [2.24, 2.45) is 35.5 Å². The molecule has 0 spiro atoms. The lowest BCUT2D eigenvalue weighted by molar-refractivity contribution is -0.162. The lowest BCUT2D eigenvalue weighted by Crippen LogP contribution is -2.69. The largest absolute Gasteiger partial charge is 0.390 e. The Morgan fingerprint density at radius 3 is 1.57 bits per heavy atom. The van der Waals surface area contributed by atoms with Crippen LogP contribution in [0, 0.1) is 35.5 Å². The van der Waals surface area contributed by atoms with E-state index in [0.29, 0.717) is 12.8 Å². The van der Waals surface area contributed by atoms with Gasteiger partial charge in [0.05, 0.1) is 12.6 Å². The molecule has 1 aliphatic rings. The Hall–Kier alpha value is -6.13. The Morgan fingerprint density at radius 2 is 1.10 bits per heavy atom. The third kappa shape index (κ3) is 21.0. The molecule has 23 nitrogen and oxygen atoms in total. The predicted molar refractivity (Wildman–Crippen MR) is 335 cm³/mol. The molecule has 0 aromatic heterocycles. The molecule has 11 amide bonds. The Balaban J connectivity index is 0.0000235. The zero-order valence-electron chi connectivity index (χ0n) is 57.4. The smallest absolute Gasteiger partial charge is 0.249 e. The number of carbonyl (C=O) groups is 11. The molecular weight excluding hydrogens is 1100 g/mol. The highest BCUT2D eigenvalue weighted by Gasteiger charge is 2.51. The molecule has 0 aromatic carbocycles. The van der Waals surface area contributed by atoms with Crippen molar-refractivity contribution < 1.29 is 57.8 Å². The Morgan fingerprint density at radius 1 is 0.581 bits per heavy atom. The maximum Gasteiger partial charge on any atom is 0.249 e. The Bertz CT molecular complexity index is 2330. The first-order valence-electron chi connectivity index (χ1n) is 31.0. The monoisotopic (exact) mass is 1220 g/mol. The summed E-state index contributed by atoms with van der Waals surface area (Å²) >= 11 is 0. The van der Waals surface area contributed by atoms with Gasteiger partial charge in [0.25, 0.3) is 0 Å². The van der Waals surface area contributed by atoms with E-state index in [1.54, 1.807) is 61.5 Å². The van der Waals surface area contributed by atoms with Crippen LogP contribution in [-0.4, -0.2) is 226 Å². The summed E-state index contributed by atoms with van der Waals surface area (Å²) in [6.45, 7) is 32.5. The lowest BCUT2D eigenvalue weighted by atomic mass is 9.81. The lowest BCUT2D eigenvalue weighted by Gasteiger charge is -2.46. The van der Waals surface area contributed by atoms with E-state index >= 15 is 4.79 Å². The normalized spacial score (nSPS) is 27.8. The summed E-state index contributed by atoms with van der Waals surface area (Å²) in [6.07, 6.45) is 3.98. The minimum atomic E-state index is -2.07. The fourth-order valence-corrected chi connectivity index (χ4v) is 10.5. The van der Waals surface area contributed by atoms with E-state index in [2.05, 4.69) is 35.1 Å². The summed E-state index contributed by atoms with van der Waals surface area (Å²) in [4.78, 5) is 167. The van der Waals surface area contributed by atoms with Gasteiger partial charge in [-0.2, -0.15) is 0 Å². The zero-order valence-corrected chi connectivity index (χ0v) is 57.4. The van der Waals surface area contributed by atoms with Crippen LogP contribution in [0.2, 0.25) is 0 Å². The Labute approximate surface area is 516 Å². The van der Waals surface area contributed by atoms with Crippen LogP contribution >= 0.6 is 0 Å². The second kappa shape index (κ2) is 36.2. The van der Waals surface area contributed by atoms with Crippen molar-refractivity contribution in [1.82, 2.24) is 55.6 Å². The third-order valence-corrected chi connectivity index (χ3v) is 16.9. The molecule has 1 fully saturated rings. The predicted octanol–water partition coefficient (Wildman–Crippen LogP) is 4.05. The van der Waals surface area contributed by atoms with Gasteiger partial charge in [0.1, 0.15) is 53.9 Å². The molecule has 1 heterocycles. The van der Waals surface area contributed by atoms with Gasteiger partial charge >= 0.3 is 0 Å². The van der Waals surface area contributed by atoms with E-state index in [9.17, 15) is 53.1 Å². The summed E-state index contributed by atoms with van der Waals surface area (Å²) in [5.74, 6) is -9.86. The van der Waals surface area contributed by atoms with Crippen molar-refractivity contribution in [3.63, 3.8) is 0 Å². The van der Waals surface area contributed by atoms with Crippen LogP contribution in [0.15, 0.2) is 12.2 Å². The number of allylic oxidation sites excluding steroid dienone is 2. The summed E-state index contributed by atoms with van der Waals surface area (Å²) < 4.78 is 0. The quantitative estimate of drug-likeness (QED) is 0.173. The van der Waals surface area contributed by atoms with Gasteiger partial charge < -0.3 is 60.7 Å². The highest BCUT2D eigenvalue weighted by molar-refractivity contribution is 5.99. The highest BCUT2D eigenvalue weighted by Crippen LogP contribution is 2.30. The van der Waals surface area contributed by atoms with Crippen LogP contribution in [0.5, 0.6) is 0 Å². The van der Waals surface area contributed by atoms with Crippen molar-refractivity contribution >= 4 is 65.0 Å². The number of aliphatic hydroxyl groups excluding tert-OH is 1. The summed E-state index contributed by atoms with van der Waals surface area (Å²) in [5, 5.41) is 23.2. The average Bonchev–Trinajstić information content (AvgIpc) is 1.72. The second-order valence-electron chi connectivity index (χ2n) is 25.5. The number of hydrogen-bond acceptors (Lipinski definition) is 12. The van der Waals surface area contributed by atoms with Gasteiger partial charge in [0.15, 0.2) is 0 Å². The fraction of sp³-hybridized carbons (Fsp3) is 0.794. The van der Waals surface area contributed by atoms with Crippen molar-refractivity contribution in [3.8, 4) is 0 Å². The number of carbonyl (C=O) groups excluding carboxylic acids is 11. The van der Waals surface area contributed by atoms with Crippen LogP contribution in [0.4, 0.5) is 0 Å². The first-order valence-corrected chi connectivity index (χ1v) is 31.0. The minimum Gasteiger partial charge on any atom is -0.390 e. The summed E-state index contributed by atoms with van der Waals surface area (Å²) in [5.41, 5.74) is -2.07. The maximum absolute atomic E-state index is 15.1. The molecule has 0 aliphatic carbocycles. The molecule has 1 rings (SSSR count). The maximum atomic E-state index is 15.1. The van der Waals surface area contributed by atoms with E-state index < -0.39 is 161 Å². The Kier molecular flexibility index (Phi) is 33.7. The van der Waals surface area contributed by atoms with Crippen LogP contribution < -0.4 is 21.3 Å². The number of hydrogen-bond donors (Lipinski definition) is 5. The van der Waals surface area contributed by atoms with Crippen molar-refractivity contribution in [2.45, 2.75) is 236 Å². The van der Waals surface area contributed by atoms with Crippen molar-refractivity contribution in [3.05, 3.63) is 12.2 Å². The number of rotatable bonds is 12. The molecule has 13 atom stereocenters. The molecule has 0 saturated carbocycles. The molecule has 494 valence electrons. The van der Waals surface area contributed by atoms with Gasteiger partial charge in [-0.15, -0.1) is 0 Å². The average molecular weight is 1220 g/mol. The number of amides is 11. The van der Waals surface area contributed by atoms with Crippen molar-refractivity contribution in [1.29, 1.82) is 0 Å². The first kappa shape index (κ1) is 79.9. The van der Waals surface area contributed by atoms with E-state index in [-0.39, 0.29) is 31.1 Å². The van der Waals surface area contributed by atoms with Gasteiger partial charge in [-0.1, -0.05) is 122 Å². The molecular formula is C63H115N11O12. The van der Waals surface area contributed by atoms with Crippen LogP contribution in [-0.2, 0) is 52.7 Å². The zero-order chi connectivity index (χ0) is 67.3. The topological polar surface area (TPSA) is 279 Å². The first-order chi connectivity index (χ1) is 39.7. The van der Waals surface area contributed by atoms with E-state index in [1.807, 2.05) is 40.7 Å². The van der Waals surface area contributed by atoms with Gasteiger partial charge in [-0.25, -0.2) is 0 Å². The number of aliphatic hydroxyl groups is 1. The molecule has 23 heteroatoms. The highest BCUT2D eigenvalue weighted by atomic mass is 16.3. The van der Waals surface area contributed by atoms with Crippen LogP contribution in [0.3, 0.4) is 0 Å². The molecule has 1 saturated heterocycles. The van der Waals surface area contributed by atoms with Gasteiger partial charge in [0, 0.05) is 61.8 Å². The fourth-order valence-electron chi connectivity index (χ4n) is 10.5. The van der Waals surface area contributed by atoms with Gasteiger partial charge in [0.2, 0.25) is 65.0 Å². The molecule has 5 N–H and O–H groups in total. The number of likely N-dealkylation sites (N-methyl/N-ethyl adjacent to an activating group) is 7. The van der Waals surface area contributed by atoms with Crippen LogP contribution in [0.25, 0.3) is 0 Å². The van der Waals surface area contributed by atoms with Gasteiger partial charge in [-0.05, 0) is 89.4 Å². The molecule has 0 radical (unpaired) electrons. The molecule has 86 heavy (non-hydrogen) atoms. The summed E-state index contributed by atoms with van der Waals surface area (Å²) in [6, 6.07) is -10.2. The molecule has 0 bridgehead atoms. The number of nitrogens with one attached hydrogen (secondary N) is 4. The molecule has 0 unspecified atom stereocenters. The van der Waals surface area contributed by atoms with Crippen molar-refractivity contribution in [2.75, 3.05) is 55.9 Å². The second-order valence-corrected chi connectivity index (χ2v) is 25.5.